The lowest BCUT2D eigenvalue weighted by Gasteiger charge is -2.24. The summed E-state index contributed by atoms with van der Waals surface area (Å²) in [6.07, 6.45) is -7.30. The van der Waals surface area contributed by atoms with E-state index in [0.717, 1.165) is 4.90 Å². The first-order valence-corrected chi connectivity index (χ1v) is 4.45. The van der Waals surface area contributed by atoms with Crippen LogP contribution in [-0.4, -0.2) is 66.7 Å². The van der Waals surface area contributed by atoms with Crippen LogP contribution in [0, 0.1) is 0 Å². The number of hydrogen-bond donors (Lipinski definition) is 2. The Hall–Kier alpha value is -0.860. The number of halogens is 3. The van der Waals surface area contributed by atoms with Gasteiger partial charge in [0.15, 0.2) is 6.10 Å². The number of carboxylic acids is 1. The van der Waals surface area contributed by atoms with Crippen molar-refractivity contribution < 1.29 is 32.9 Å². The van der Waals surface area contributed by atoms with E-state index in [-0.39, 0.29) is 13.2 Å². The standard InChI is InChI=1S/C8H14F3NO4/c1-16-3-2-12(5-7(14)15)4-6(13)8(9,10)11/h6,13H,2-5H2,1H3,(H,14,15)/t6-/m1/s1. The number of ether oxygens (including phenoxy) is 1. The van der Waals surface area contributed by atoms with Crippen LogP contribution in [0.25, 0.3) is 0 Å². The molecule has 2 N–H and O–H groups in total. The first-order valence-electron chi connectivity index (χ1n) is 4.45. The van der Waals surface area contributed by atoms with Gasteiger partial charge in [-0.15, -0.1) is 0 Å². The minimum atomic E-state index is -4.75. The molecule has 0 amide bonds. The molecule has 0 unspecified atom stereocenters. The fraction of sp³-hybridized carbons (Fsp3) is 0.875. The van der Waals surface area contributed by atoms with Gasteiger partial charge in [-0.3, -0.25) is 9.69 Å². The van der Waals surface area contributed by atoms with Crippen LogP contribution >= 0.6 is 0 Å². The molecule has 1 atom stereocenters. The fourth-order valence-corrected chi connectivity index (χ4v) is 0.995. The summed E-state index contributed by atoms with van der Waals surface area (Å²) in [6.45, 7) is -1.25. The molecule has 0 aromatic rings. The highest BCUT2D eigenvalue weighted by molar-refractivity contribution is 5.69. The van der Waals surface area contributed by atoms with Crippen molar-refractivity contribution in [1.29, 1.82) is 0 Å². The Balaban J connectivity index is 4.24. The molecule has 8 heteroatoms. The summed E-state index contributed by atoms with van der Waals surface area (Å²) in [5, 5.41) is 17.2. The second-order valence-corrected chi connectivity index (χ2v) is 3.18. The Bertz CT molecular complexity index is 222. The lowest BCUT2D eigenvalue weighted by atomic mass is 10.3. The van der Waals surface area contributed by atoms with Crippen LogP contribution in [0.1, 0.15) is 0 Å². The van der Waals surface area contributed by atoms with Gasteiger partial charge in [0.25, 0.3) is 0 Å². The van der Waals surface area contributed by atoms with E-state index >= 15 is 0 Å². The molecular formula is C8H14F3NO4. The van der Waals surface area contributed by atoms with Gasteiger partial charge in [0, 0.05) is 20.2 Å². The lowest BCUT2D eigenvalue weighted by molar-refractivity contribution is -0.208. The Morgan fingerprint density at radius 2 is 2.06 bits per heavy atom. The molecule has 0 spiro atoms. The second-order valence-electron chi connectivity index (χ2n) is 3.18. The Morgan fingerprint density at radius 1 is 1.50 bits per heavy atom. The minimum Gasteiger partial charge on any atom is -0.480 e. The zero-order valence-corrected chi connectivity index (χ0v) is 8.70. The van der Waals surface area contributed by atoms with Crippen LogP contribution in [-0.2, 0) is 9.53 Å². The van der Waals surface area contributed by atoms with Gasteiger partial charge in [-0.25, -0.2) is 0 Å². The van der Waals surface area contributed by atoms with E-state index < -0.39 is 31.3 Å². The molecule has 96 valence electrons. The molecule has 0 aliphatic carbocycles. The highest BCUT2D eigenvalue weighted by Gasteiger charge is 2.39. The third-order valence-electron chi connectivity index (χ3n) is 1.78. The molecule has 0 aromatic heterocycles. The number of nitrogens with zero attached hydrogens (tertiary/aromatic N) is 1. The number of rotatable bonds is 7. The molecule has 16 heavy (non-hydrogen) atoms. The molecular weight excluding hydrogens is 231 g/mol. The molecule has 0 radical (unpaired) electrons. The van der Waals surface area contributed by atoms with E-state index in [1.165, 1.54) is 7.11 Å². The van der Waals surface area contributed by atoms with Crippen molar-refractivity contribution >= 4 is 5.97 Å². The van der Waals surface area contributed by atoms with Gasteiger partial charge in [0.05, 0.1) is 13.2 Å². The van der Waals surface area contributed by atoms with E-state index in [0.29, 0.717) is 0 Å². The summed E-state index contributed by atoms with van der Waals surface area (Å²) < 4.78 is 40.7. The van der Waals surface area contributed by atoms with Crippen molar-refractivity contribution in [3.8, 4) is 0 Å². The minimum absolute atomic E-state index is 0.00986. The Labute approximate surface area is 90.4 Å². The lowest BCUT2D eigenvalue weighted by Crippen LogP contribution is -2.44. The van der Waals surface area contributed by atoms with Gasteiger partial charge in [-0.05, 0) is 0 Å². The normalized spacial score (nSPS) is 14.1. The molecule has 0 aliphatic heterocycles. The summed E-state index contributed by atoms with van der Waals surface area (Å²) in [5.74, 6) is -1.26. The van der Waals surface area contributed by atoms with E-state index in [4.69, 9.17) is 10.2 Å². The predicted octanol–water partition coefficient (Wildman–Crippen LogP) is -0.0574. The average molecular weight is 245 g/mol. The molecule has 0 bridgehead atoms. The average Bonchev–Trinajstić information content (AvgIpc) is 2.11. The van der Waals surface area contributed by atoms with E-state index in [9.17, 15) is 18.0 Å². The third-order valence-corrected chi connectivity index (χ3v) is 1.78. The number of carbonyl (C=O) groups is 1. The van der Waals surface area contributed by atoms with Crippen LogP contribution in [0.15, 0.2) is 0 Å². The smallest absolute Gasteiger partial charge is 0.415 e. The van der Waals surface area contributed by atoms with Gasteiger partial charge < -0.3 is 14.9 Å². The van der Waals surface area contributed by atoms with Crippen molar-refractivity contribution in [2.24, 2.45) is 0 Å². The monoisotopic (exact) mass is 245 g/mol. The molecule has 5 nitrogen and oxygen atoms in total. The number of carboxylic acid groups (broad SMARTS) is 1. The molecule has 0 rings (SSSR count). The van der Waals surface area contributed by atoms with Crippen molar-refractivity contribution in [3.63, 3.8) is 0 Å². The van der Waals surface area contributed by atoms with Crippen molar-refractivity contribution in [2.45, 2.75) is 12.3 Å². The summed E-state index contributed by atoms with van der Waals surface area (Å²) >= 11 is 0. The molecule has 0 fully saturated rings. The number of aliphatic hydroxyl groups excluding tert-OH is 1. The van der Waals surface area contributed by atoms with Gasteiger partial charge in [-0.2, -0.15) is 13.2 Å². The quantitative estimate of drug-likeness (QED) is 0.657. The molecule has 0 saturated carbocycles. The second kappa shape index (κ2) is 6.66. The largest absolute Gasteiger partial charge is 0.480 e. The maximum absolute atomic E-state index is 12.0. The van der Waals surface area contributed by atoms with Crippen LogP contribution < -0.4 is 0 Å². The van der Waals surface area contributed by atoms with Crippen molar-refractivity contribution in [1.82, 2.24) is 4.90 Å². The molecule has 0 aromatic carbocycles. The van der Waals surface area contributed by atoms with Crippen LogP contribution in [0.5, 0.6) is 0 Å². The highest BCUT2D eigenvalue weighted by Crippen LogP contribution is 2.20. The van der Waals surface area contributed by atoms with E-state index in [1.54, 1.807) is 0 Å². The van der Waals surface area contributed by atoms with Gasteiger partial charge >= 0.3 is 12.1 Å². The van der Waals surface area contributed by atoms with E-state index in [2.05, 4.69) is 4.74 Å². The maximum atomic E-state index is 12.0. The zero-order chi connectivity index (χ0) is 12.8. The maximum Gasteiger partial charge on any atom is 0.415 e. The topological polar surface area (TPSA) is 70.0 Å². The molecule has 0 aliphatic rings. The number of aliphatic hydroxyl groups is 1. The molecule has 0 saturated heterocycles. The number of methoxy groups -OCH3 is 1. The van der Waals surface area contributed by atoms with Gasteiger partial charge in [-0.1, -0.05) is 0 Å². The summed E-state index contributed by atoms with van der Waals surface area (Å²) in [7, 11) is 1.35. The van der Waals surface area contributed by atoms with Crippen molar-refractivity contribution in [3.05, 3.63) is 0 Å². The molecule has 0 heterocycles. The van der Waals surface area contributed by atoms with E-state index in [1.807, 2.05) is 0 Å². The predicted molar refractivity (Wildman–Crippen MR) is 48.0 cm³/mol. The van der Waals surface area contributed by atoms with Crippen LogP contribution in [0.2, 0.25) is 0 Å². The van der Waals surface area contributed by atoms with Crippen LogP contribution in [0.3, 0.4) is 0 Å². The number of hydrogen-bond acceptors (Lipinski definition) is 4. The number of aliphatic carboxylic acids is 1. The van der Waals surface area contributed by atoms with Gasteiger partial charge in [0.2, 0.25) is 0 Å². The van der Waals surface area contributed by atoms with Gasteiger partial charge in [0.1, 0.15) is 0 Å². The fourth-order valence-electron chi connectivity index (χ4n) is 0.995. The Kier molecular flexibility index (Phi) is 6.31. The van der Waals surface area contributed by atoms with Crippen LogP contribution in [0.4, 0.5) is 13.2 Å². The zero-order valence-electron chi connectivity index (χ0n) is 8.70. The first-order chi connectivity index (χ1) is 7.27. The first kappa shape index (κ1) is 15.1. The third kappa shape index (κ3) is 6.59. The number of alkyl halides is 3. The summed E-state index contributed by atoms with van der Waals surface area (Å²) in [4.78, 5) is 11.3. The van der Waals surface area contributed by atoms with Crippen molar-refractivity contribution in [2.75, 3.05) is 33.4 Å². The summed E-state index contributed by atoms with van der Waals surface area (Å²) in [5.41, 5.74) is 0. The summed E-state index contributed by atoms with van der Waals surface area (Å²) in [6, 6.07) is 0. The Morgan fingerprint density at radius 3 is 2.44 bits per heavy atom. The SMILES string of the molecule is COCCN(CC(=O)O)C[C@@H](O)C(F)(F)F. The highest BCUT2D eigenvalue weighted by atomic mass is 19.4.